The zero-order chi connectivity index (χ0) is 15.2. The molecule has 2 rings (SSSR count). The molecule has 118 valence electrons. The average Bonchev–Trinajstić information content (AvgIpc) is 2.41. The lowest BCUT2D eigenvalue weighted by Gasteiger charge is -2.37. The number of nitrogens with one attached hydrogen (secondary N) is 1. The molecule has 3 heteroatoms. The molecular formula is C18H29ClN2. The van der Waals surface area contributed by atoms with Crippen molar-refractivity contribution < 1.29 is 0 Å². The number of hydrogen-bond acceptors (Lipinski definition) is 2. The van der Waals surface area contributed by atoms with Crippen LogP contribution in [0.1, 0.15) is 51.0 Å². The van der Waals surface area contributed by atoms with E-state index < -0.39 is 0 Å². The van der Waals surface area contributed by atoms with Gasteiger partial charge in [0.2, 0.25) is 0 Å². The van der Waals surface area contributed by atoms with Crippen LogP contribution in [0.3, 0.4) is 0 Å². The molecule has 1 fully saturated rings. The number of rotatable bonds is 8. The summed E-state index contributed by atoms with van der Waals surface area (Å²) in [5.74, 6) is 0.656. The van der Waals surface area contributed by atoms with Crippen LogP contribution >= 0.6 is 11.6 Å². The van der Waals surface area contributed by atoms with Crippen LogP contribution < -0.4 is 5.32 Å². The number of hydrogen-bond donors (Lipinski definition) is 1. The summed E-state index contributed by atoms with van der Waals surface area (Å²) in [5, 5.41) is 4.61. The lowest BCUT2D eigenvalue weighted by Crippen LogP contribution is -2.40. The second-order valence-electron chi connectivity index (χ2n) is 6.62. The maximum absolute atomic E-state index is 6.26. The molecule has 0 aromatic heterocycles. The van der Waals surface area contributed by atoms with Gasteiger partial charge in [-0.2, -0.15) is 0 Å². The summed E-state index contributed by atoms with van der Waals surface area (Å²) in [6, 6.07) is 9.62. The molecule has 1 aromatic rings. The van der Waals surface area contributed by atoms with Gasteiger partial charge >= 0.3 is 0 Å². The van der Waals surface area contributed by atoms with Crippen molar-refractivity contribution in [1.82, 2.24) is 10.2 Å². The zero-order valence-electron chi connectivity index (χ0n) is 13.6. The number of nitrogens with zero attached hydrogens (tertiary/aromatic N) is 1. The summed E-state index contributed by atoms with van der Waals surface area (Å²) < 4.78 is 0. The molecule has 1 aliphatic rings. The molecule has 0 bridgehead atoms. The van der Waals surface area contributed by atoms with E-state index in [1.165, 1.54) is 37.8 Å². The second-order valence-corrected chi connectivity index (χ2v) is 7.03. The van der Waals surface area contributed by atoms with Gasteiger partial charge in [0.25, 0.3) is 0 Å². The van der Waals surface area contributed by atoms with Crippen molar-refractivity contribution in [3.63, 3.8) is 0 Å². The molecule has 0 radical (unpaired) electrons. The number of unbranched alkanes of at least 4 members (excludes halogenated alkanes) is 1. The number of halogens is 1. The Hall–Kier alpha value is -0.570. The second kappa shape index (κ2) is 8.17. The molecule has 2 nitrogen and oxygen atoms in total. The smallest absolute Gasteiger partial charge is 0.0440 e. The maximum Gasteiger partial charge on any atom is 0.0440 e. The highest BCUT2D eigenvalue weighted by atomic mass is 35.5. The standard InChI is InChI=1S/C18H29ClN2/c1-14(2)21(3)11-7-6-10-20-16-12-15(13-16)17-8-4-5-9-18(17)19/h4-5,8-9,14-16,20H,6-7,10-13H2,1-3H3. The molecule has 0 aliphatic heterocycles. The maximum atomic E-state index is 6.26. The van der Waals surface area contributed by atoms with Gasteiger partial charge in [0.05, 0.1) is 0 Å². The Bertz CT molecular complexity index is 427. The van der Waals surface area contributed by atoms with Crippen LogP contribution in [0.25, 0.3) is 0 Å². The molecule has 1 saturated carbocycles. The molecule has 0 unspecified atom stereocenters. The molecule has 1 aromatic carbocycles. The van der Waals surface area contributed by atoms with Crippen LogP contribution in [0, 0.1) is 0 Å². The summed E-state index contributed by atoms with van der Waals surface area (Å²) in [4.78, 5) is 2.41. The molecule has 0 atom stereocenters. The van der Waals surface area contributed by atoms with Crippen LogP contribution in [-0.4, -0.2) is 37.1 Å². The Labute approximate surface area is 134 Å². The van der Waals surface area contributed by atoms with Crippen molar-refractivity contribution in [2.75, 3.05) is 20.1 Å². The van der Waals surface area contributed by atoms with E-state index in [0.29, 0.717) is 18.0 Å². The first-order chi connectivity index (χ1) is 10.1. The highest BCUT2D eigenvalue weighted by molar-refractivity contribution is 6.31. The van der Waals surface area contributed by atoms with Crippen LogP contribution in [-0.2, 0) is 0 Å². The van der Waals surface area contributed by atoms with Crippen LogP contribution in [0.15, 0.2) is 24.3 Å². The molecule has 21 heavy (non-hydrogen) atoms. The molecular weight excluding hydrogens is 280 g/mol. The largest absolute Gasteiger partial charge is 0.314 e. The lowest BCUT2D eigenvalue weighted by molar-refractivity contribution is 0.260. The minimum Gasteiger partial charge on any atom is -0.314 e. The number of benzene rings is 1. The third kappa shape index (κ3) is 4.98. The Morgan fingerprint density at radius 2 is 1.95 bits per heavy atom. The van der Waals surface area contributed by atoms with Gasteiger partial charge in [-0.3, -0.25) is 0 Å². The van der Waals surface area contributed by atoms with E-state index in [2.05, 4.69) is 43.2 Å². The Balaban J connectivity index is 1.56. The van der Waals surface area contributed by atoms with Crippen LogP contribution in [0.4, 0.5) is 0 Å². The quantitative estimate of drug-likeness (QED) is 0.720. The first-order valence-electron chi connectivity index (χ1n) is 8.26. The lowest BCUT2D eigenvalue weighted by atomic mass is 9.76. The fourth-order valence-electron chi connectivity index (χ4n) is 2.90. The first kappa shape index (κ1) is 16.8. The van der Waals surface area contributed by atoms with Gasteiger partial charge in [0.1, 0.15) is 0 Å². The highest BCUT2D eigenvalue weighted by Gasteiger charge is 2.30. The predicted octanol–water partition coefficient (Wildman–Crippen LogP) is 4.30. The minimum absolute atomic E-state index is 0.654. The van der Waals surface area contributed by atoms with Gasteiger partial charge in [-0.15, -0.1) is 0 Å². The first-order valence-corrected chi connectivity index (χ1v) is 8.63. The van der Waals surface area contributed by atoms with Crippen molar-refractivity contribution in [3.05, 3.63) is 34.9 Å². The fourth-order valence-corrected chi connectivity index (χ4v) is 3.19. The van der Waals surface area contributed by atoms with E-state index in [0.717, 1.165) is 11.6 Å². The van der Waals surface area contributed by atoms with E-state index in [9.17, 15) is 0 Å². The molecule has 0 spiro atoms. The topological polar surface area (TPSA) is 15.3 Å². The highest BCUT2D eigenvalue weighted by Crippen LogP contribution is 2.39. The average molecular weight is 309 g/mol. The van der Waals surface area contributed by atoms with E-state index in [-0.39, 0.29) is 0 Å². The van der Waals surface area contributed by atoms with Crippen molar-refractivity contribution in [3.8, 4) is 0 Å². The normalized spacial score (nSPS) is 21.8. The summed E-state index contributed by atoms with van der Waals surface area (Å²) in [5.41, 5.74) is 1.33. The third-order valence-corrected chi connectivity index (χ3v) is 5.08. The SMILES string of the molecule is CC(C)N(C)CCCCNC1CC(c2ccccc2Cl)C1. The van der Waals surface area contributed by atoms with Gasteiger partial charge in [-0.25, -0.2) is 0 Å². The van der Waals surface area contributed by atoms with Gasteiger partial charge < -0.3 is 10.2 Å². The van der Waals surface area contributed by atoms with E-state index in [1.54, 1.807) is 0 Å². The van der Waals surface area contributed by atoms with Gasteiger partial charge in [0, 0.05) is 17.1 Å². The van der Waals surface area contributed by atoms with Crippen molar-refractivity contribution in [2.24, 2.45) is 0 Å². The van der Waals surface area contributed by atoms with Gasteiger partial charge in [-0.05, 0) is 77.2 Å². The Kier molecular flexibility index (Phi) is 6.53. The molecule has 1 N–H and O–H groups in total. The third-order valence-electron chi connectivity index (χ3n) is 4.74. The van der Waals surface area contributed by atoms with E-state index >= 15 is 0 Å². The Morgan fingerprint density at radius 3 is 2.62 bits per heavy atom. The monoisotopic (exact) mass is 308 g/mol. The molecule has 1 aliphatic carbocycles. The van der Waals surface area contributed by atoms with Crippen LogP contribution in [0.5, 0.6) is 0 Å². The molecule has 0 amide bonds. The van der Waals surface area contributed by atoms with Gasteiger partial charge in [-0.1, -0.05) is 29.8 Å². The summed E-state index contributed by atoms with van der Waals surface area (Å²) >= 11 is 6.26. The van der Waals surface area contributed by atoms with E-state index in [1.807, 2.05) is 12.1 Å². The van der Waals surface area contributed by atoms with Crippen LogP contribution in [0.2, 0.25) is 5.02 Å². The predicted molar refractivity (Wildman–Crippen MR) is 92.2 cm³/mol. The Morgan fingerprint density at radius 1 is 1.24 bits per heavy atom. The summed E-state index contributed by atoms with van der Waals surface area (Å²) in [6.07, 6.45) is 5.01. The molecule has 0 saturated heterocycles. The van der Waals surface area contributed by atoms with Crippen molar-refractivity contribution in [1.29, 1.82) is 0 Å². The van der Waals surface area contributed by atoms with Gasteiger partial charge in [0.15, 0.2) is 0 Å². The summed E-state index contributed by atoms with van der Waals surface area (Å²) in [7, 11) is 2.21. The van der Waals surface area contributed by atoms with Crippen molar-refractivity contribution >= 4 is 11.6 Å². The summed E-state index contributed by atoms with van der Waals surface area (Å²) in [6.45, 7) is 6.85. The zero-order valence-corrected chi connectivity index (χ0v) is 14.4. The molecule has 0 heterocycles. The minimum atomic E-state index is 0.654. The fraction of sp³-hybridized carbons (Fsp3) is 0.667. The van der Waals surface area contributed by atoms with Crippen molar-refractivity contribution in [2.45, 2.75) is 57.5 Å². The van der Waals surface area contributed by atoms with E-state index in [4.69, 9.17) is 11.6 Å².